The van der Waals surface area contributed by atoms with E-state index in [0.29, 0.717) is 11.4 Å². The molecule has 0 saturated carbocycles. The Morgan fingerprint density at radius 2 is 1.32 bits per heavy atom. The smallest absolute Gasteiger partial charge is 0.348 e. The lowest BCUT2D eigenvalue weighted by Crippen LogP contribution is -2.16. The molecule has 2 heterocycles. The van der Waals surface area contributed by atoms with E-state index in [4.69, 9.17) is 4.74 Å². The number of nitrogens with zero attached hydrogens (tertiary/aromatic N) is 2. The van der Waals surface area contributed by atoms with E-state index in [1.54, 1.807) is 30.6 Å². The fourth-order valence-electron chi connectivity index (χ4n) is 5.17. The Balaban J connectivity index is 1.24. The first-order chi connectivity index (χ1) is 19.9. The minimum Gasteiger partial charge on any atom is -0.386 e. The van der Waals surface area contributed by atoms with Gasteiger partial charge in [0, 0.05) is 11.1 Å². The summed E-state index contributed by atoms with van der Waals surface area (Å²) in [7, 11) is 0. The Kier molecular flexibility index (Phi) is 7.17. The first-order valence-electron chi connectivity index (χ1n) is 13.8. The molecule has 204 valence electrons. The third kappa shape index (κ3) is 5.79. The molecule has 1 aliphatic rings. The van der Waals surface area contributed by atoms with Crippen molar-refractivity contribution in [3.05, 3.63) is 119 Å². The molecule has 1 aliphatic carbocycles. The minimum absolute atomic E-state index is 0.257. The molecule has 0 fully saturated rings. The fraction of sp³-hybridized carbons (Fsp3) is 0.176. The lowest BCUT2D eigenvalue weighted by Gasteiger charge is -2.17. The summed E-state index contributed by atoms with van der Waals surface area (Å²) in [6.45, 7) is 3.78. The van der Waals surface area contributed by atoms with Crippen molar-refractivity contribution in [1.82, 2.24) is 9.97 Å². The second-order valence-corrected chi connectivity index (χ2v) is 10.5. The van der Waals surface area contributed by atoms with Crippen molar-refractivity contribution in [1.29, 1.82) is 0 Å². The molecule has 0 radical (unpaired) electrons. The lowest BCUT2D eigenvalue weighted by atomic mass is 9.96. The van der Waals surface area contributed by atoms with Crippen LogP contribution in [0.1, 0.15) is 55.9 Å². The van der Waals surface area contributed by atoms with Gasteiger partial charge in [0.05, 0.1) is 51.8 Å². The van der Waals surface area contributed by atoms with Gasteiger partial charge in [0.2, 0.25) is 0 Å². The number of esters is 2. The number of hydrogen-bond donors (Lipinski definition) is 2. The predicted octanol–water partition coefficient (Wildman–Crippen LogP) is 7.61. The van der Waals surface area contributed by atoms with Crippen molar-refractivity contribution in [3.8, 4) is 0 Å². The van der Waals surface area contributed by atoms with Crippen LogP contribution in [0, 0.1) is 13.8 Å². The number of nitrogens with one attached hydrogen (secondary N) is 2. The number of fused-ring (bicyclic) bond motifs is 2. The number of ether oxygens (including phenoxy) is 1. The zero-order chi connectivity index (χ0) is 28.3. The molecule has 2 N–H and O–H groups in total. The molecule has 0 spiro atoms. The van der Waals surface area contributed by atoms with Crippen LogP contribution in [0.4, 0.5) is 22.7 Å². The van der Waals surface area contributed by atoms with Crippen LogP contribution in [0.25, 0.3) is 10.9 Å². The molecule has 0 saturated heterocycles. The molecule has 0 aliphatic heterocycles. The highest BCUT2D eigenvalue weighted by molar-refractivity contribution is 6.08. The zero-order valence-corrected chi connectivity index (χ0v) is 23.0. The molecule has 3 aromatic carbocycles. The highest BCUT2D eigenvalue weighted by Crippen LogP contribution is 2.29. The number of anilines is 4. The van der Waals surface area contributed by atoms with Crippen LogP contribution >= 0.6 is 0 Å². The van der Waals surface area contributed by atoms with Crippen LogP contribution in [0.15, 0.2) is 85.2 Å². The van der Waals surface area contributed by atoms with E-state index in [0.717, 1.165) is 64.8 Å². The van der Waals surface area contributed by atoms with Crippen LogP contribution in [0.3, 0.4) is 0 Å². The summed E-state index contributed by atoms with van der Waals surface area (Å²) < 4.78 is 5.46. The maximum atomic E-state index is 13.4. The second kappa shape index (κ2) is 11.2. The van der Waals surface area contributed by atoms with Crippen LogP contribution in [0.5, 0.6) is 0 Å². The third-order valence-electron chi connectivity index (χ3n) is 7.29. The Labute approximate surface area is 238 Å². The van der Waals surface area contributed by atoms with Gasteiger partial charge in [0.15, 0.2) is 0 Å². The normalized spacial score (nSPS) is 12.4. The molecule has 7 nitrogen and oxygen atoms in total. The standard InChI is InChI=1S/C34H30N4O3/c1-21-11-13-31(37-25-17-23-7-3-5-9-29(23)35-19-25)27(15-21)33(39)41-34(40)28-16-22(2)12-14-32(28)38-26-18-24-8-4-6-10-30(24)36-20-26/h3,5,7,9,11-20,37-38H,4,6,8,10H2,1-2H3. The van der Waals surface area contributed by atoms with E-state index in [2.05, 4.69) is 26.7 Å². The second-order valence-electron chi connectivity index (χ2n) is 10.5. The van der Waals surface area contributed by atoms with E-state index in [9.17, 15) is 9.59 Å². The molecule has 0 bridgehead atoms. The monoisotopic (exact) mass is 542 g/mol. The third-order valence-corrected chi connectivity index (χ3v) is 7.29. The van der Waals surface area contributed by atoms with Gasteiger partial charge >= 0.3 is 11.9 Å². The molecule has 0 atom stereocenters. The molecule has 0 amide bonds. The van der Waals surface area contributed by atoms with Crippen LogP contribution in [0.2, 0.25) is 0 Å². The molecule has 6 rings (SSSR count). The fourth-order valence-corrected chi connectivity index (χ4v) is 5.17. The first-order valence-corrected chi connectivity index (χ1v) is 13.8. The summed E-state index contributed by atoms with van der Waals surface area (Å²) >= 11 is 0. The van der Waals surface area contributed by atoms with E-state index in [1.807, 2.05) is 62.4 Å². The summed E-state index contributed by atoms with van der Waals surface area (Å²) in [5, 5.41) is 7.56. The van der Waals surface area contributed by atoms with E-state index in [-0.39, 0.29) is 11.1 Å². The van der Waals surface area contributed by atoms with Crippen molar-refractivity contribution in [3.63, 3.8) is 0 Å². The Hall–Kier alpha value is -5.04. The zero-order valence-electron chi connectivity index (χ0n) is 23.0. The number of para-hydroxylation sites is 1. The number of pyridine rings is 2. The van der Waals surface area contributed by atoms with Crippen LogP contribution in [-0.4, -0.2) is 21.9 Å². The number of aromatic nitrogens is 2. The van der Waals surface area contributed by atoms with Gasteiger partial charge in [-0.2, -0.15) is 0 Å². The maximum Gasteiger partial charge on any atom is 0.348 e. The highest BCUT2D eigenvalue weighted by atomic mass is 16.6. The molecule has 2 aromatic heterocycles. The topological polar surface area (TPSA) is 93.2 Å². The van der Waals surface area contributed by atoms with Gasteiger partial charge in [-0.05, 0) is 87.6 Å². The predicted molar refractivity (Wildman–Crippen MR) is 161 cm³/mol. The van der Waals surface area contributed by atoms with Crippen molar-refractivity contribution in [2.75, 3.05) is 10.6 Å². The molecular weight excluding hydrogens is 512 g/mol. The first kappa shape index (κ1) is 26.2. The van der Waals surface area contributed by atoms with Crippen molar-refractivity contribution in [2.45, 2.75) is 39.5 Å². The van der Waals surface area contributed by atoms with Gasteiger partial charge in [0.1, 0.15) is 0 Å². The van der Waals surface area contributed by atoms with E-state index >= 15 is 0 Å². The lowest BCUT2D eigenvalue weighted by molar-refractivity contribution is 0.0399. The number of rotatable bonds is 6. The molecule has 7 heteroatoms. The number of hydrogen-bond acceptors (Lipinski definition) is 7. The van der Waals surface area contributed by atoms with Gasteiger partial charge in [-0.3, -0.25) is 9.97 Å². The highest BCUT2D eigenvalue weighted by Gasteiger charge is 2.22. The van der Waals surface area contributed by atoms with Crippen molar-refractivity contribution in [2.24, 2.45) is 0 Å². The molecule has 0 unspecified atom stereocenters. The van der Waals surface area contributed by atoms with Crippen LogP contribution in [-0.2, 0) is 17.6 Å². The van der Waals surface area contributed by atoms with E-state index < -0.39 is 11.9 Å². The summed E-state index contributed by atoms with van der Waals surface area (Å²) in [6.07, 6.45) is 7.80. The van der Waals surface area contributed by atoms with Gasteiger partial charge in [-0.15, -0.1) is 0 Å². The van der Waals surface area contributed by atoms with Crippen molar-refractivity contribution < 1.29 is 14.3 Å². The molecule has 41 heavy (non-hydrogen) atoms. The maximum absolute atomic E-state index is 13.4. The summed E-state index contributed by atoms with van der Waals surface area (Å²) in [6, 6.07) is 22.7. The largest absolute Gasteiger partial charge is 0.386 e. The molecular formula is C34H30N4O3. The minimum atomic E-state index is -0.738. The van der Waals surface area contributed by atoms with Crippen LogP contribution < -0.4 is 10.6 Å². The SMILES string of the molecule is Cc1ccc(Nc2cnc3c(c2)CCCC3)c(C(=O)OC(=O)c2cc(C)ccc2Nc2cnc3ccccc3c2)c1. The van der Waals surface area contributed by atoms with E-state index in [1.165, 1.54) is 5.56 Å². The summed E-state index contributed by atoms with van der Waals surface area (Å²) in [5.41, 5.74) is 8.10. The number of benzene rings is 3. The number of carbonyl (C=O) groups is 2. The van der Waals surface area contributed by atoms with Gasteiger partial charge < -0.3 is 15.4 Å². The number of aryl methyl sites for hydroxylation is 4. The van der Waals surface area contributed by atoms with Gasteiger partial charge in [-0.1, -0.05) is 41.5 Å². The summed E-state index contributed by atoms with van der Waals surface area (Å²) in [4.78, 5) is 35.9. The van der Waals surface area contributed by atoms with Gasteiger partial charge in [-0.25, -0.2) is 9.59 Å². The Bertz CT molecular complexity index is 1800. The quantitative estimate of drug-likeness (QED) is 0.168. The summed E-state index contributed by atoms with van der Waals surface area (Å²) in [5.74, 6) is -1.47. The Morgan fingerprint density at radius 3 is 2.02 bits per heavy atom. The average Bonchev–Trinajstić information content (AvgIpc) is 2.98. The van der Waals surface area contributed by atoms with Crippen molar-refractivity contribution >= 4 is 45.6 Å². The molecule has 5 aromatic rings. The van der Waals surface area contributed by atoms with Gasteiger partial charge in [0.25, 0.3) is 0 Å². The average molecular weight is 543 g/mol. The Morgan fingerprint density at radius 1 is 0.707 bits per heavy atom. The number of carbonyl (C=O) groups excluding carboxylic acids is 2.